The maximum Gasteiger partial charge on any atom is 0.161 e. The smallest absolute Gasteiger partial charge is 0.161 e. The molecule has 0 aromatic rings. The van der Waals surface area contributed by atoms with Crippen molar-refractivity contribution in [3.63, 3.8) is 0 Å². The average molecular weight is 171 g/mol. The number of rotatable bonds is 3. The lowest BCUT2D eigenvalue weighted by molar-refractivity contribution is -0.129. The van der Waals surface area contributed by atoms with Crippen LogP contribution in [0, 0.1) is 5.92 Å². The van der Waals surface area contributed by atoms with Gasteiger partial charge in [-0.15, -0.1) is 0 Å². The number of hydrogen-bond acceptors (Lipinski definition) is 3. The second-order valence-electron chi connectivity index (χ2n) is 3.58. The van der Waals surface area contributed by atoms with Crippen molar-refractivity contribution in [3.8, 4) is 0 Å². The minimum absolute atomic E-state index is 0.0182. The highest BCUT2D eigenvalue weighted by molar-refractivity contribution is 5.82. The van der Waals surface area contributed by atoms with E-state index in [1.807, 2.05) is 7.05 Å². The molecule has 1 aliphatic heterocycles. The molecule has 0 amide bonds. The molecule has 0 saturated carbocycles. The molecule has 1 saturated heterocycles. The van der Waals surface area contributed by atoms with Crippen molar-refractivity contribution in [3.05, 3.63) is 0 Å². The molecule has 0 radical (unpaired) electrons. The van der Waals surface area contributed by atoms with Crippen LogP contribution in [0.2, 0.25) is 0 Å². The van der Waals surface area contributed by atoms with Gasteiger partial charge in [-0.1, -0.05) is 6.92 Å². The normalized spacial score (nSPS) is 27.4. The lowest BCUT2D eigenvalue weighted by Crippen LogP contribution is -2.30. The third-order valence-corrected chi connectivity index (χ3v) is 2.55. The Hall–Kier alpha value is -0.410. The van der Waals surface area contributed by atoms with E-state index in [0.717, 1.165) is 19.5 Å². The number of ketones is 1. The van der Waals surface area contributed by atoms with Crippen LogP contribution < -0.4 is 0 Å². The first-order valence-electron chi connectivity index (χ1n) is 4.54. The highest BCUT2D eigenvalue weighted by Crippen LogP contribution is 2.19. The van der Waals surface area contributed by atoms with Gasteiger partial charge in [0.25, 0.3) is 0 Å². The molecule has 0 aromatic carbocycles. The van der Waals surface area contributed by atoms with E-state index in [1.165, 1.54) is 0 Å². The zero-order valence-corrected chi connectivity index (χ0v) is 7.79. The van der Waals surface area contributed by atoms with Gasteiger partial charge < -0.3 is 10.0 Å². The molecule has 2 atom stereocenters. The van der Waals surface area contributed by atoms with Crippen molar-refractivity contribution in [2.75, 3.05) is 20.1 Å². The molecule has 0 aliphatic carbocycles. The van der Waals surface area contributed by atoms with Gasteiger partial charge in [0.05, 0.1) is 0 Å². The van der Waals surface area contributed by atoms with Crippen LogP contribution in [0.25, 0.3) is 0 Å². The third kappa shape index (κ3) is 2.05. The summed E-state index contributed by atoms with van der Waals surface area (Å²) in [6.45, 7) is 3.65. The van der Waals surface area contributed by atoms with E-state index in [9.17, 15) is 9.90 Å². The van der Waals surface area contributed by atoms with Crippen molar-refractivity contribution in [2.24, 2.45) is 5.92 Å². The number of aliphatic hydroxyl groups is 1. The maximum atomic E-state index is 11.1. The van der Waals surface area contributed by atoms with Crippen molar-refractivity contribution in [2.45, 2.75) is 25.9 Å². The summed E-state index contributed by atoms with van der Waals surface area (Å²) in [6.07, 6.45) is 0.671. The number of likely N-dealkylation sites (tertiary alicyclic amines) is 1. The van der Waals surface area contributed by atoms with Crippen LogP contribution in [0.15, 0.2) is 0 Å². The molecule has 70 valence electrons. The summed E-state index contributed by atoms with van der Waals surface area (Å²) >= 11 is 0. The summed E-state index contributed by atoms with van der Waals surface area (Å²) in [7, 11) is 2.02. The Morgan fingerprint density at radius 2 is 2.42 bits per heavy atom. The molecule has 0 bridgehead atoms. The van der Waals surface area contributed by atoms with Crippen LogP contribution in [0.3, 0.4) is 0 Å². The molecular weight excluding hydrogens is 154 g/mol. The van der Waals surface area contributed by atoms with E-state index in [-0.39, 0.29) is 11.7 Å². The minimum atomic E-state index is -0.722. The van der Waals surface area contributed by atoms with Gasteiger partial charge in [0.2, 0.25) is 0 Å². The highest BCUT2D eigenvalue weighted by Gasteiger charge is 2.29. The van der Waals surface area contributed by atoms with Gasteiger partial charge in [0.1, 0.15) is 6.10 Å². The molecule has 1 rings (SSSR count). The molecule has 1 aliphatic rings. The number of aliphatic hydroxyl groups excluding tert-OH is 1. The van der Waals surface area contributed by atoms with Crippen LogP contribution in [-0.2, 0) is 4.79 Å². The molecule has 0 aromatic heterocycles. The monoisotopic (exact) mass is 171 g/mol. The quantitative estimate of drug-likeness (QED) is 0.663. The molecule has 0 spiro atoms. The fourth-order valence-electron chi connectivity index (χ4n) is 1.70. The van der Waals surface area contributed by atoms with E-state index in [1.54, 1.807) is 6.92 Å². The maximum absolute atomic E-state index is 11.1. The Labute approximate surface area is 73.4 Å². The highest BCUT2D eigenvalue weighted by atomic mass is 16.3. The summed E-state index contributed by atoms with van der Waals surface area (Å²) in [5, 5.41) is 9.56. The largest absolute Gasteiger partial charge is 0.385 e. The van der Waals surface area contributed by atoms with Crippen molar-refractivity contribution >= 4 is 5.78 Å². The number of hydrogen-bond donors (Lipinski definition) is 1. The molecule has 1 N–H and O–H groups in total. The summed E-state index contributed by atoms with van der Waals surface area (Å²) in [6, 6.07) is 0. The van der Waals surface area contributed by atoms with E-state index in [2.05, 4.69) is 4.90 Å². The van der Waals surface area contributed by atoms with Gasteiger partial charge in [-0.3, -0.25) is 4.79 Å². The van der Waals surface area contributed by atoms with Gasteiger partial charge in [-0.2, -0.15) is 0 Å². The van der Waals surface area contributed by atoms with Crippen LogP contribution in [0.1, 0.15) is 19.8 Å². The van der Waals surface area contributed by atoms with Gasteiger partial charge in [-0.25, -0.2) is 0 Å². The van der Waals surface area contributed by atoms with Crippen LogP contribution in [-0.4, -0.2) is 42.0 Å². The molecule has 3 heteroatoms. The Morgan fingerprint density at radius 3 is 2.83 bits per heavy atom. The molecule has 12 heavy (non-hydrogen) atoms. The zero-order chi connectivity index (χ0) is 9.14. The SMILES string of the molecule is CCC(=O)C(O)C1CCN(C)C1. The fraction of sp³-hybridized carbons (Fsp3) is 0.889. The van der Waals surface area contributed by atoms with Crippen LogP contribution in [0.4, 0.5) is 0 Å². The van der Waals surface area contributed by atoms with E-state index in [0.29, 0.717) is 6.42 Å². The molecular formula is C9H17NO2. The molecule has 2 unspecified atom stereocenters. The number of carbonyl (C=O) groups is 1. The Balaban J connectivity index is 2.42. The van der Waals surface area contributed by atoms with E-state index < -0.39 is 6.10 Å². The van der Waals surface area contributed by atoms with Gasteiger partial charge >= 0.3 is 0 Å². The molecule has 1 heterocycles. The van der Waals surface area contributed by atoms with Gasteiger partial charge in [0.15, 0.2) is 5.78 Å². The summed E-state index contributed by atoms with van der Waals surface area (Å²) in [4.78, 5) is 13.3. The first kappa shape index (κ1) is 9.68. The Kier molecular flexibility index (Phi) is 3.23. The standard InChI is InChI=1S/C9H17NO2/c1-3-8(11)9(12)7-4-5-10(2)6-7/h7,9,12H,3-6H2,1-2H3. The Bertz CT molecular complexity index is 170. The van der Waals surface area contributed by atoms with Crippen LogP contribution >= 0.6 is 0 Å². The second-order valence-corrected chi connectivity index (χ2v) is 3.58. The number of carbonyl (C=O) groups excluding carboxylic acids is 1. The first-order valence-corrected chi connectivity index (χ1v) is 4.54. The lowest BCUT2D eigenvalue weighted by atomic mass is 9.97. The predicted octanol–water partition coefficient (Wildman–Crippen LogP) is 0.278. The molecule has 3 nitrogen and oxygen atoms in total. The third-order valence-electron chi connectivity index (χ3n) is 2.55. The topological polar surface area (TPSA) is 40.5 Å². The predicted molar refractivity (Wildman–Crippen MR) is 46.9 cm³/mol. The van der Waals surface area contributed by atoms with Crippen molar-refractivity contribution in [1.82, 2.24) is 4.90 Å². The average Bonchev–Trinajstić information content (AvgIpc) is 2.49. The number of nitrogens with zero attached hydrogens (tertiary/aromatic N) is 1. The first-order chi connectivity index (χ1) is 5.65. The summed E-state index contributed by atoms with van der Waals surface area (Å²) in [5.41, 5.74) is 0. The molecule has 1 fully saturated rings. The van der Waals surface area contributed by atoms with Crippen molar-refractivity contribution < 1.29 is 9.90 Å². The van der Waals surface area contributed by atoms with Gasteiger partial charge in [-0.05, 0) is 20.0 Å². The zero-order valence-electron chi connectivity index (χ0n) is 7.79. The van der Waals surface area contributed by atoms with Crippen LogP contribution in [0.5, 0.6) is 0 Å². The lowest BCUT2D eigenvalue weighted by Gasteiger charge is -2.15. The van der Waals surface area contributed by atoms with E-state index in [4.69, 9.17) is 0 Å². The fourth-order valence-corrected chi connectivity index (χ4v) is 1.70. The summed E-state index contributed by atoms with van der Waals surface area (Å²) < 4.78 is 0. The summed E-state index contributed by atoms with van der Waals surface area (Å²) in [5.74, 6) is 0.151. The van der Waals surface area contributed by atoms with Gasteiger partial charge in [0, 0.05) is 18.9 Å². The number of Topliss-reactive ketones (excluding diaryl/α,β-unsaturated/α-hetero) is 1. The minimum Gasteiger partial charge on any atom is -0.385 e. The van der Waals surface area contributed by atoms with Crippen molar-refractivity contribution in [1.29, 1.82) is 0 Å². The Morgan fingerprint density at radius 1 is 1.75 bits per heavy atom. The van der Waals surface area contributed by atoms with E-state index >= 15 is 0 Å². The second kappa shape index (κ2) is 4.01.